The van der Waals surface area contributed by atoms with Gasteiger partial charge < -0.3 is 4.90 Å². The fourth-order valence-electron chi connectivity index (χ4n) is 1.79. The zero-order chi connectivity index (χ0) is 12.4. The number of rotatable bonds is 5. The van der Waals surface area contributed by atoms with Gasteiger partial charge in [0.05, 0.1) is 0 Å². The summed E-state index contributed by atoms with van der Waals surface area (Å²) in [5.41, 5.74) is 1.12. The van der Waals surface area contributed by atoms with Gasteiger partial charge in [-0.25, -0.2) is 9.97 Å². The number of nitrogens with zero attached hydrogens (tertiary/aromatic N) is 3. The van der Waals surface area contributed by atoms with Crippen LogP contribution in [0.2, 0.25) is 5.15 Å². The average molecular weight is 252 g/mol. The normalized spacial score (nSPS) is 14.8. The minimum absolute atomic E-state index is 0.524. The first kappa shape index (κ1) is 12.4. The highest BCUT2D eigenvalue weighted by atomic mass is 35.5. The highest BCUT2D eigenvalue weighted by molar-refractivity contribution is 6.29. The van der Waals surface area contributed by atoms with E-state index in [-0.39, 0.29) is 0 Å². The van der Waals surface area contributed by atoms with E-state index in [4.69, 9.17) is 11.6 Å². The molecule has 0 aromatic carbocycles. The van der Waals surface area contributed by atoms with Crippen LogP contribution in [0.15, 0.2) is 18.2 Å². The maximum Gasteiger partial charge on any atom is 0.135 e. The lowest BCUT2D eigenvalue weighted by molar-refractivity contribution is 0.830. The van der Waals surface area contributed by atoms with Crippen LogP contribution < -0.4 is 4.90 Å². The van der Waals surface area contributed by atoms with E-state index in [2.05, 4.69) is 28.4 Å². The summed E-state index contributed by atoms with van der Waals surface area (Å²) in [4.78, 5) is 11.1. The van der Waals surface area contributed by atoms with Crippen molar-refractivity contribution in [2.45, 2.75) is 32.6 Å². The van der Waals surface area contributed by atoms with Crippen LogP contribution in [0.1, 0.15) is 38.4 Å². The zero-order valence-corrected chi connectivity index (χ0v) is 11.2. The molecule has 4 heteroatoms. The maximum absolute atomic E-state index is 6.06. The molecule has 1 saturated carbocycles. The molecule has 1 aromatic heterocycles. The van der Waals surface area contributed by atoms with Gasteiger partial charge in [0.15, 0.2) is 0 Å². The molecule has 0 aliphatic heterocycles. The molecule has 1 aliphatic carbocycles. The third-order valence-corrected chi connectivity index (χ3v) is 3.00. The third kappa shape index (κ3) is 3.19. The van der Waals surface area contributed by atoms with E-state index in [0.29, 0.717) is 11.1 Å². The monoisotopic (exact) mass is 251 g/mol. The van der Waals surface area contributed by atoms with Crippen LogP contribution in [-0.2, 0) is 0 Å². The minimum atomic E-state index is 0.524. The van der Waals surface area contributed by atoms with Gasteiger partial charge in [-0.05, 0) is 26.7 Å². The Bertz CT molecular complexity index is 427. The van der Waals surface area contributed by atoms with Gasteiger partial charge in [-0.15, -0.1) is 0 Å². The quantitative estimate of drug-likeness (QED) is 0.593. The molecule has 92 valence electrons. The molecule has 0 bridgehead atoms. The van der Waals surface area contributed by atoms with Gasteiger partial charge in [-0.2, -0.15) is 0 Å². The van der Waals surface area contributed by atoms with E-state index in [9.17, 15) is 0 Å². The van der Waals surface area contributed by atoms with Crippen molar-refractivity contribution in [2.75, 3.05) is 18.0 Å². The average Bonchev–Trinajstić information content (AvgIpc) is 3.08. The Morgan fingerprint density at radius 2 is 2.24 bits per heavy atom. The minimum Gasteiger partial charge on any atom is -0.353 e. The van der Waals surface area contributed by atoms with Crippen molar-refractivity contribution in [3.63, 3.8) is 0 Å². The molecule has 0 atom stereocenters. The van der Waals surface area contributed by atoms with Gasteiger partial charge in [0.2, 0.25) is 0 Å². The number of likely N-dealkylation sites (N-methyl/N-ethyl adjacent to an activating group) is 1. The van der Waals surface area contributed by atoms with Crippen molar-refractivity contribution in [1.29, 1.82) is 0 Å². The Balaban J connectivity index is 2.25. The first-order valence-electron chi connectivity index (χ1n) is 6.04. The lowest BCUT2D eigenvalue weighted by atomic mass is 10.3. The van der Waals surface area contributed by atoms with E-state index in [0.717, 1.165) is 30.3 Å². The van der Waals surface area contributed by atoms with Gasteiger partial charge in [-0.1, -0.05) is 23.8 Å². The molecule has 0 saturated heterocycles. The lowest BCUT2D eigenvalue weighted by Crippen LogP contribution is -2.25. The summed E-state index contributed by atoms with van der Waals surface area (Å²) in [6.07, 6.45) is 2.37. The summed E-state index contributed by atoms with van der Waals surface area (Å²) in [6.45, 7) is 9.78. The number of halogens is 1. The van der Waals surface area contributed by atoms with Crippen molar-refractivity contribution >= 4 is 17.4 Å². The topological polar surface area (TPSA) is 29.0 Å². The molecule has 0 spiro atoms. The highest BCUT2D eigenvalue weighted by Gasteiger charge is 2.27. The van der Waals surface area contributed by atoms with Crippen molar-refractivity contribution in [1.82, 2.24) is 9.97 Å². The number of hydrogen-bond acceptors (Lipinski definition) is 3. The fraction of sp³-hybridized carbons (Fsp3) is 0.538. The second kappa shape index (κ2) is 5.05. The summed E-state index contributed by atoms with van der Waals surface area (Å²) in [6, 6.07) is 1.83. The molecular weight excluding hydrogens is 234 g/mol. The molecule has 1 aromatic rings. The standard InChI is InChI=1S/C13H18ClN3/c1-4-17(8-9(2)3)12-7-11(14)15-13(16-12)10-5-6-10/h7,10H,2,4-6,8H2,1,3H3. The fourth-order valence-corrected chi connectivity index (χ4v) is 1.97. The maximum atomic E-state index is 6.06. The van der Waals surface area contributed by atoms with E-state index in [1.54, 1.807) is 0 Å². The second-order valence-corrected chi connectivity index (χ2v) is 5.04. The van der Waals surface area contributed by atoms with Gasteiger partial charge in [0, 0.05) is 25.1 Å². The molecule has 1 heterocycles. The van der Waals surface area contributed by atoms with Crippen molar-refractivity contribution in [3.05, 3.63) is 29.2 Å². The molecule has 0 radical (unpaired) electrons. The Hall–Kier alpha value is -1.09. The summed E-state index contributed by atoms with van der Waals surface area (Å²) in [7, 11) is 0. The van der Waals surface area contributed by atoms with Crippen LogP contribution in [0.4, 0.5) is 5.82 Å². The Morgan fingerprint density at radius 3 is 2.76 bits per heavy atom. The molecule has 3 nitrogen and oxygen atoms in total. The predicted octanol–water partition coefficient (Wildman–Crippen LogP) is 3.41. The Labute approximate surface area is 108 Å². The molecule has 0 amide bonds. The number of aromatic nitrogens is 2. The SMILES string of the molecule is C=C(C)CN(CC)c1cc(Cl)nc(C2CC2)n1. The molecule has 1 aliphatic rings. The Kier molecular flexibility index (Phi) is 3.67. The lowest BCUT2D eigenvalue weighted by Gasteiger charge is -2.22. The van der Waals surface area contributed by atoms with Crippen molar-refractivity contribution in [2.24, 2.45) is 0 Å². The van der Waals surface area contributed by atoms with E-state index < -0.39 is 0 Å². The zero-order valence-electron chi connectivity index (χ0n) is 10.4. The van der Waals surface area contributed by atoms with Gasteiger partial charge in [0.25, 0.3) is 0 Å². The van der Waals surface area contributed by atoms with Gasteiger partial charge in [-0.3, -0.25) is 0 Å². The molecule has 0 N–H and O–H groups in total. The van der Waals surface area contributed by atoms with Crippen LogP contribution in [0.25, 0.3) is 0 Å². The first-order valence-corrected chi connectivity index (χ1v) is 6.41. The summed E-state index contributed by atoms with van der Waals surface area (Å²) in [5, 5.41) is 0.539. The van der Waals surface area contributed by atoms with E-state index >= 15 is 0 Å². The predicted molar refractivity (Wildman–Crippen MR) is 71.7 cm³/mol. The van der Waals surface area contributed by atoms with Crippen LogP contribution in [0.3, 0.4) is 0 Å². The first-order chi connectivity index (χ1) is 8.10. The highest BCUT2D eigenvalue weighted by Crippen LogP contribution is 2.39. The van der Waals surface area contributed by atoms with Crippen LogP contribution in [-0.4, -0.2) is 23.1 Å². The summed E-state index contributed by atoms with van der Waals surface area (Å²) < 4.78 is 0. The smallest absolute Gasteiger partial charge is 0.135 e. The van der Waals surface area contributed by atoms with E-state index in [1.165, 1.54) is 12.8 Å². The largest absolute Gasteiger partial charge is 0.353 e. The van der Waals surface area contributed by atoms with Crippen LogP contribution in [0, 0.1) is 0 Å². The Morgan fingerprint density at radius 1 is 1.53 bits per heavy atom. The van der Waals surface area contributed by atoms with Crippen molar-refractivity contribution < 1.29 is 0 Å². The van der Waals surface area contributed by atoms with E-state index in [1.807, 2.05) is 13.0 Å². The van der Waals surface area contributed by atoms with Gasteiger partial charge in [0.1, 0.15) is 16.8 Å². The molecular formula is C13H18ClN3. The number of anilines is 1. The molecule has 1 fully saturated rings. The van der Waals surface area contributed by atoms with Crippen LogP contribution in [0.5, 0.6) is 0 Å². The number of hydrogen-bond donors (Lipinski definition) is 0. The summed E-state index contributed by atoms with van der Waals surface area (Å²) >= 11 is 6.06. The molecule has 0 unspecified atom stereocenters. The van der Waals surface area contributed by atoms with Crippen molar-refractivity contribution in [3.8, 4) is 0 Å². The van der Waals surface area contributed by atoms with Crippen LogP contribution >= 0.6 is 11.6 Å². The second-order valence-electron chi connectivity index (χ2n) is 4.65. The van der Waals surface area contributed by atoms with Gasteiger partial charge >= 0.3 is 0 Å². The molecule has 17 heavy (non-hydrogen) atoms. The molecule has 2 rings (SSSR count). The third-order valence-electron chi connectivity index (χ3n) is 2.81. The summed E-state index contributed by atoms with van der Waals surface area (Å²) in [5.74, 6) is 2.33.